The quantitative estimate of drug-likeness (QED) is 0.186. The second-order valence-corrected chi connectivity index (χ2v) is 14.0. The molecule has 3 saturated carbocycles. The van der Waals surface area contributed by atoms with Crippen LogP contribution < -0.4 is 51.4 Å². The minimum Gasteiger partial charge on any atom is -0.674 e. The molecule has 2 N–H and O–H groups in total. The largest absolute Gasteiger partial charge is 1.00 e. The number of nitrogens with one attached hydrogen (secondary N) is 1. The summed E-state index contributed by atoms with van der Waals surface area (Å²) in [4.78, 5) is 0. The van der Waals surface area contributed by atoms with E-state index in [2.05, 4.69) is 68.6 Å². The number of allylic oxidation sites excluding steroid dienone is 1. The summed E-state index contributed by atoms with van der Waals surface area (Å²) in [6, 6.07) is 0.173. The summed E-state index contributed by atoms with van der Waals surface area (Å²) >= 11 is 0. The molecule has 0 saturated heterocycles. The van der Waals surface area contributed by atoms with Gasteiger partial charge in [0.1, 0.15) is 0 Å². The van der Waals surface area contributed by atoms with Crippen molar-refractivity contribution in [1.82, 2.24) is 0 Å². The van der Waals surface area contributed by atoms with Crippen LogP contribution in [0.15, 0.2) is 11.6 Å². The minimum absolute atomic E-state index is 0. The molecule has 8 atom stereocenters. The van der Waals surface area contributed by atoms with Crippen LogP contribution in [-0.2, 0) is 32.7 Å². The molecule has 4 aliphatic carbocycles. The molecule has 0 amide bonds. The Morgan fingerprint density at radius 1 is 0.946 bits per heavy atom. The summed E-state index contributed by atoms with van der Waals surface area (Å²) in [5, 5.41) is 6.75. The third-order valence-electron chi connectivity index (χ3n) is 11.1. The Kier molecular flexibility index (Phi) is 19.3. The Morgan fingerprint density at radius 2 is 1.57 bits per heavy atom. The maximum atomic E-state index is 8.28. The molecule has 0 spiro atoms. The van der Waals surface area contributed by atoms with Gasteiger partial charge in [-0.1, -0.05) is 99.1 Å². The van der Waals surface area contributed by atoms with Crippen LogP contribution in [-0.4, -0.2) is 11.1 Å². The van der Waals surface area contributed by atoms with Gasteiger partial charge >= 0.3 is 51.4 Å². The van der Waals surface area contributed by atoms with Gasteiger partial charge in [-0.15, -0.1) is 6.04 Å². The van der Waals surface area contributed by atoms with Gasteiger partial charge in [-0.25, -0.2) is 7.11 Å². The van der Waals surface area contributed by atoms with Crippen LogP contribution in [0.1, 0.15) is 132 Å². The van der Waals surface area contributed by atoms with E-state index >= 15 is 0 Å². The van der Waals surface area contributed by atoms with Crippen LogP contribution in [0.2, 0.25) is 0 Å². The standard InChI is InChI=1S/C27H46N.C5H12.CH3O.K.Y/c1-18(2)7-6-8-19(3)23-11-12-24-22-10-9-20-17-21(28)13-15-26(20,4)25(22)14-16-27(23,24)5;1-4-5(2)3;1-2;;/h9,18-19,21-25,28H,6-8,10-17H2,1-5H3;5H,4H2,1-3H3;2H,1H2;;/q-1;;-1;+1;/t19?,21?,22?,23?,24?,25?,26-,27+;;;;/m0..../s1. The monoisotopic (exact) mass is 615 g/mol. The molecule has 4 rings (SSSR count). The van der Waals surface area contributed by atoms with Crippen molar-refractivity contribution >= 4 is 0 Å². The van der Waals surface area contributed by atoms with Crippen molar-refractivity contribution in [2.45, 2.75) is 138 Å². The molecule has 4 heteroatoms. The average molecular weight is 616 g/mol. The van der Waals surface area contributed by atoms with Crippen molar-refractivity contribution in [1.29, 1.82) is 0 Å². The summed E-state index contributed by atoms with van der Waals surface area (Å²) < 4.78 is 0. The van der Waals surface area contributed by atoms with Gasteiger partial charge in [0.05, 0.1) is 0 Å². The van der Waals surface area contributed by atoms with Crippen LogP contribution in [0.25, 0.3) is 5.73 Å². The average Bonchev–Trinajstić information content (AvgIpc) is 3.18. The van der Waals surface area contributed by atoms with E-state index in [9.17, 15) is 0 Å². The van der Waals surface area contributed by atoms with E-state index < -0.39 is 0 Å². The van der Waals surface area contributed by atoms with Gasteiger partial charge in [-0.3, -0.25) is 0 Å². The normalized spacial score (nSPS) is 36.7. The first kappa shape index (κ1) is 39.4. The van der Waals surface area contributed by atoms with Crippen molar-refractivity contribution in [3.8, 4) is 0 Å². The number of fused-ring (bicyclic) bond motifs is 5. The molecule has 209 valence electrons. The summed E-state index contributed by atoms with van der Waals surface area (Å²) in [6.07, 6.45) is 19.0. The zero-order valence-electron chi connectivity index (χ0n) is 26.4. The molecule has 0 bridgehead atoms. The van der Waals surface area contributed by atoms with E-state index in [1.807, 2.05) is 0 Å². The predicted octanol–water partition coefficient (Wildman–Crippen LogP) is 7.65. The van der Waals surface area contributed by atoms with Gasteiger partial charge < -0.3 is 10.8 Å². The Labute approximate surface area is 300 Å². The van der Waals surface area contributed by atoms with Crippen LogP contribution in [0.5, 0.6) is 0 Å². The maximum absolute atomic E-state index is 8.28. The number of aliphatic hydroxyl groups is 1. The summed E-state index contributed by atoms with van der Waals surface area (Å²) in [6.45, 7) is 19.3. The van der Waals surface area contributed by atoms with E-state index in [1.165, 1.54) is 64.2 Å². The number of rotatable bonds is 6. The van der Waals surface area contributed by atoms with Crippen molar-refractivity contribution in [2.24, 2.45) is 52.3 Å². The number of hydrogen-bond donors (Lipinski definition) is 1. The van der Waals surface area contributed by atoms with Crippen molar-refractivity contribution < 1.29 is 89.2 Å². The molecule has 0 aliphatic heterocycles. The second kappa shape index (κ2) is 18.2. The van der Waals surface area contributed by atoms with E-state index in [1.54, 1.807) is 5.57 Å². The van der Waals surface area contributed by atoms with Gasteiger partial charge in [0.15, 0.2) is 0 Å². The fourth-order valence-electron chi connectivity index (χ4n) is 8.69. The summed E-state index contributed by atoms with van der Waals surface area (Å²) in [5.41, 5.74) is 11.0. The Hall–Kier alpha value is 2.40. The van der Waals surface area contributed by atoms with E-state index in [0.29, 0.717) is 10.8 Å². The molecule has 3 fully saturated rings. The van der Waals surface area contributed by atoms with Gasteiger partial charge in [-0.2, -0.15) is 0 Å². The van der Waals surface area contributed by atoms with Gasteiger partial charge in [-0.05, 0) is 97.2 Å². The van der Waals surface area contributed by atoms with Crippen LogP contribution in [0.4, 0.5) is 0 Å². The molecule has 0 aromatic rings. The Morgan fingerprint density at radius 3 is 2.14 bits per heavy atom. The molecule has 1 radical (unpaired) electrons. The summed E-state index contributed by atoms with van der Waals surface area (Å²) in [5.74, 6) is 6.43. The van der Waals surface area contributed by atoms with Crippen molar-refractivity contribution in [2.75, 3.05) is 0 Å². The van der Waals surface area contributed by atoms with Crippen LogP contribution >= 0.6 is 0 Å². The molecular formula is C33H61KNOY-. The Bertz CT molecular complexity index is 667. The molecule has 6 unspecified atom stereocenters. The van der Waals surface area contributed by atoms with Gasteiger partial charge in [0, 0.05) is 32.7 Å². The van der Waals surface area contributed by atoms with E-state index in [-0.39, 0.29) is 90.1 Å². The van der Waals surface area contributed by atoms with Gasteiger partial charge in [0.2, 0.25) is 0 Å². The predicted molar refractivity (Wildman–Crippen MR) is 154 cm³/mol. The smallest absolute Gasteiger partial charge is 0.674 e. The topological polar surface area (TPSA) is 44.0 Å². The van der Waals surface area contributed by atoms with Gasteiger partial charge in [0.25, 0.3) is 0 Å². The first-order valence-corrected chi connectivity index (χ1v) is 15.2. The molecular weight excluding hydrogens is 554 g/mol. The second-order valence-electron chi connectivity index (χ2n) is 14.0. The fourth-order valence-corrected chi connectivity index (χ4v) is 8.69. The Balaban J connectivity index is 0.00000130. The molecule has 4 aliphatic rings. The molecule has 0 heterocycles. The first-order valence-electron chi connectivity index (χ1n) is 15.2. The fraction of sp³-hybridized carbons (Fsp3) is 0.909. The molecule has 2 nitrogen and oxygen atoms in total. The van der Waals surface area contributed by atoms with Crippen molar-refractivity contribution in [3.63, 3.8) is 0 Å². The van der Waals surface area contributed by atoms with E-state index in [0.717, 1.165) is 54.3 Å². The minimum atomic E-state index is 0. The van der Waals surface area contributed by atoms with Crippen LogP contribution in [0, 0.1) is 59.4 Å². The van der Waals surface area contributed by atoms with Crippen molar-refractivity contribution in [3.05, 3.63) is 24.5 Å². The molecule has 0 aromatic heterocycles. The zero-order chi connectivity index (χ0) is 26.4. The van der Waals surface area contributed by atoms with Crippen LogP contribution in [0.3, 0.4) is 0 Å². The first-order chi connectivity index (χ1) is 16.5. The summed E-state index contributed by atoms with van der Waals surface area (Å²) in [7, 11) is 2.25. The zero-order valence-corrected chi connectivity index (χ0v) is 32.4. The number of aliphatic hydroxyl groups excluding tert-OH is 1. The molecule has 0 aromatic carbocycles. The van der Waals surface area contributed by atoms with E-state index in [4.69, 9.17) is 10.8 Å². The third-order valence-corrected chi connectivity index (χ3v) is 11.1. The SMILES string of the molecule is CC(C)CCCC(C)C1CCC2C3CC=C4CC([NH-])CC[C@]4(C)C3CC[C@]12C.CCC(C)C.[CH2-]O.[K+].[Y]. The maximum Gasteiger partial charge on any atom is 1.00 e. The number of hydrogen-bond acceptors (Lipinski definition) is 1. The third kappa shape index (κ3) is 9.71. The molecule has 37 heavy (non-hydrogen) atoms.